The Morgan fingerprint density at radius 3 is 2.39 bits per heavy atom. The molecule has 0 fully saturated rings. The first-order chi connectivity index (χ1) is 16.9. The number of sulfone groups is 1. The fraction of sp³-hybridized carbons (Fsp3) is 0.320. The number of likely N-dealkylation sites (N-methyl/N-ethyl adjacent to an activating group) is 1. The van der Waals surface area contributed by atoms with Crippen molar-refractivity contribution in [3.05, 3.63) is 86.2 Å². The van der Waals surface area contributed by atoms with Crippen molar-refractivity contribution in [1.82, 2.24) is 19.2 Å². The lowest BCUT2D eigenvalue weighted by molar-refractivity contribution is -0.146. The summed E-state index contributed by atoms with van der Waals surface area (Å²) in [6.45, 7) is 2.12. The number of Topliss-reactive ketones (excluding diaryl/α,β-unsaturated/α-hetero) is 1. The summed E-state index contributed by atoms with van der Waals surface area (Å²) in [6.07, 6.45) is 2.88. The molecule has 4 rings (SSSR count). The number of hydrogen-bond acceptors (Lipinski definition) is 7. The van der Waals surface area contributed by atoms with Gasteiger partial charge >= 0.3 is 5.69 Å². The molecule has 10 nitrogen and oxygen atoms in total. The van der Waals surface area contributed by atoms with Gasteiger partial charge in [-0.1, -0.05) is 18.2 Å². The second-order valence-corrected chi connectivity index (χ2v) is 10.9. The van der Waals surface area contributed by atoms with Gasteiger partial charge in [0.05, 0.1) is 16.0 Å². The van der Waals surface area contributed by atoms with E-state index in [4.69, 9.17) is 0 Å². The van der Waals surface area contributed by atoms with Crippen molar-refractivity contribution in [3.63, 3.8) is 0 Å². The van der Waals surface area contributed by atoms with Crippen molar-refractivity contribution < 1.29 is 18.0 Å². The largest absolute Gasteiger partial charge is 0.351 e. The van der Waals surface area contributed by atoms with Crippen molar-refractivity contribution in [1.29, 1.82) is 0 Å². The van der Waals surface area contributed by atoms with Crippen molar-refractivity contribution in [3.8, 4) is 5.69 Å². The Morgan fingerprint density at radius 1 is 1.11 bits per heavy atom. The lowest BCUT2D eigenvalue weighted by Gasteiger charge is -2.31. The van der Waals surface area contributed by atoms with E-state index in [2.05, 4.69) is 5.10 Å². The zero-order valence-electron chi connectivity index (χ0n) is 20.4. The van der Waals surface area contributed by atoms with E-state index in [1.54, 1.807) is 44.3 Å². The molecule has 0 bridgehead atoms. The van der Waals surface area contributed by atoms with Gasteiger partial charge in [-0.15, -0.1) is 0 Å². The minimum atomic E-state index is -3.45. The molecule has 1 amide bonds. The second-order valence-electron chi connectivity index (χ2n) is 8.93. The van der Waals surface area contributed by atoms with E-state index >= 15 is 0 Å². The van der Waals surface area contributed by atoms with E-state index in [1.165, 1.54) is 24.1 Å². The summed E-state index contributed by atoms with van der Waals surface area (Å²) in [6, 6.07) is 11.1. The van der Waals surface area contributed by atoms with Crippen LogP contribution in [0, 0.1) is 0 Å². The third kappa shape index (κ3) is 3.98. The van der Waals surface area contributed by atoms with Crippen LogP contribution in [0.4, 0.5) is 0 Å². The average Bonchev–Trinajstić information content (AvgIpc) is 3.25. The van der Waals surface area contributed by atoms with Gasteiger partial charge in [-0.05, 0) is 60.7 Å². The van der Waals surface area contributed by atoms with Crippen LogP contribution in [0.25, 0.3) is 5.69 Å². The Bertz CT molecular complexity index is 1600. The molecule has 36 heavy (non-hydrogen) atoms. The number of aromatic nitrogens is 3. The number of carbonyl (C=O) groups excluding carboxylic acids is 2. The molecular formula is C25H26N4O6S. The highest BCUT2D eigenvalue weighted by molar-refractivity contribution is 7.90. The number of benzene rings is 2. The Morgan fingerprint density at radius 2 is 1.78 bits per heavy atom. The van der Waals surface area contributed by atoms with Gasteiger partial charge in [0, 0.05) is 26.9 Å². The van der Waals surface area contributed by atoms with E-state index in [1.807, 2.05) is 0 Å². The molecular weight excluding hydrogens is 484 g/mol. The summed E-state index contributed by atoms with van der Waals surface area (Å²) in [4.78, 5) is 52.6. The van der Waals surface area contributed by atoms with Crippen molar-refractivity contribution in [2.45, 2.75) is 30.1 Å². The molecule has 0 aliphatic heterocycles. The zero-order chi connectivity index (χ0) is 26.4. The Kier molecular flexibility index (Phi) is 6.29. The number of nitrogens with zero attached hydrogens (tertiary/aromatic N) is 4. The lowest BCUT2D eigenvalue weighted by Crippen LogP contribution is -2.46. The number of amides is 1. The molecule has 1 aromatic heterocycles. The van der Waals surface area contributed by atoms with Crippen LogP contribution in [-0.2, 0) is 38.3 Å². The number of fused-ring (bicyclic) bond motifs is 1. The van der Waals surface area contributed by atoms with Crippen LogP contribution < -0.4 is 11.2 Å². The molecule has 1 atom stereocenters. The summed E-state index contributed by atoms with van der Waals surface area (Å²) < 4.78 is 26.0. The van der Waals surface area contributed by atoms with Crippen LogP contribution in [0.3, 0.4) is 0 Å². The van der Waals surface area contributed by atoms with Gasteiger partial charge in [0.2, 0.25) is 5.78 Å². The van der Waals surface area contributed by atoms with Crippen LogP contribution >= 0.6 is 0 Å². The first-order valence-electron chi connectivity index (χ1n) is 11.3. The van der Waals surface area contributed by atoms with Crippen LogP contribution in [-0.4, -0.2) is 59.2 Å². The molecule has 1 unspecified atom stereocenters. The molecule has 1 aliphatic rings. The minimum absolute atomic E-state index is 0.111. The van der Waals surface area contributed by atoms with Crippen molar-refractivity contribution in [2.24, 2.45) is 7.05 Å². The van der Waals surface area contributed by atoms with Crippen molar-refractivity contribution in [2.75, 3.05) is 19.8 Å². The van der Waals surface area contributed by atoms with Crippen LogP contribution in [0.15, 0.2) is 63.1 Å². The van der Waals surface area contributed by atoms with Gasteiger partial charge in [-0.25, -0.2) is 13.2 Å². The number of ketones is 1. The third-order valence-corrected chi connectivity index (χ3v) is 7.95. The van der Waals surface area contributed by atoms with Gasteiger partial charge in [0.25, 0.3) is 11.5 Å². The molecule has 0 saturated carbocycles. The Labute approximate surface area is 207 Å². The SMILES string of the molecule is CCN(C)C(=O)C(=O)C1(c2ccc(S(C)(=O)=O)cc2)CCc2cc(-n3ncc(=O)n(C)c3=O)ccc21. The molecule has 1 heterocycles. The minimum Gasteiger partial charge on any atom is -0.339 e. The third-order valence-electron chi connectivity index (χ3n) is 6.82. The predicted molar refractivity (Wildman–Crippen MR) is 132 cm³/mol. The molecule has 0 radical (unpaired) electrons. The van der Waals surface area contributed by atoms with Gasteiger partial charge in [0.15, 0.2) is 9.84 Å². The highest BCUT2D eigenvalue weighted by Crippen LogP contribution is 2.46. The Hall–Kier alpha value is -3.86. The summed E-state index contributed by atoms with van der Waals surface area (Å²) >= 11 is 0. The van der Waals surface area contributed by atoms with E-state index in [0.29, 0.717) is 36.2 Å². The zero-order valence-corrected chi connectivity index (χ0v) is 21.2. The maximum Gasteiger partial charge on any atom is 0.351 e. The second kappa shape index (κ2) is 8.98. The number of rotatable bonds is 6. The smallest absolute Gasteiger partial charge is 0.339 e. The fourth-order valence-corrected chi connectivity index (χ4v) is 5.23. The van der Waals surface area contributed by atoms with E-state index in [0.717, 1.165) is 27.3 Å². The topological polar surface area (TPSA) is 128 Å². The first kappa shape index (κ1) is 25.2. The number of aryl methyl sites for hydroxylation is 1. The number of carbonyl (C=O) groups is 2. The summed E-state index contributed by atoms with van der Waals surface area (Å²) in [5, 5.41) is 3.95. The fourth-order valence-electron chi connectivity index (χ4n) is 4.60. The summed E-state index contributed by atoms with van der Waals surface area (Å²) in [5.41, 5.74) is -0.158. The van der Waals surface area contributed by atoms with Gasteiger partial charge in [0.1, 0.15) is 6.20 Å². The van der Waals surface area contributed by atoms with Crippen molar-refractivity contribution >= 4 is 21.5 Å². The molecule has 188 valence electrons. The van der Waals surface area contributed by atoms with Crippen LogP contribution in [0.2, 0.25) is 0 Å². The lowest BCUT2D eigenvalue weighted by atomic mass is 9.71. The monoisotopic (exact) mass is 510 g/mol. The standard InChI is InChI=1S/C25H26N4O6S/c1-5-27(2)23(32)22(31)25(17-6-9-19(10-7-17)36(4,34)35)13-12-16-14-18(8-11-20(16)25)29-24(33)28(3)21(30)15-26-29/h6-11,14-15H,5,12-13H2,1-4H3. The first-order valence-corrected chi connectivity index (χ1v) is 13.2. The predicted octanol–water partition coefficient (Wildman–Crippen LogP) is 0.614. The van der Waals surface area contributed by atoms with E-state index in [9.17, 15) is 27.6 Å². The quantitative estimate of drug-likeness (QED) is 0.445. The van der Waals surface area contributed by atoms with Crippen LogP contribution in [0.1, 0.15) is 30.0 Å². The molecule has 1 aliphatic carbocycles. The maximum atomic E-state index is 13.8. The molecule has 3 aromatic rings. The van der Waals surface area contributed by atoms with Gasteiger partial charge in [-0.3, -0.25) is 19.0 Å². The molecule has 11 heteroatoms. The normalized spacial score (nSPS) is 17.0. The highest BCUT2D eigenvalue weighted by atomic mass is 32.2. The van der Waals surface area contributed by atoms with E-state index in [-0.39, 0.29) is 4.90 Å². The average molecular weight is 511 g/mol. The van der Waals surface area contributed by atoms with Gasteiger partial charge in [-0.2, -0.15) is 9.78 Å². The van der Waals surface area contributed by atoms with Gasteiger partial charge < -0.3 is 4.90 Å². The maximum absolute atomic E-state index is 13.8. The highest BCUT2D eigenvalue weighted by Gasteiger charge is 2.50. The molecule has 0 spiro atoms. The molecule has 0 N–H and O–H groups in total. The summed E-state index contributed by atoms with van der Waals surface area (Å²) in [7, 11) is -0.538. The summed E-state index contributed by atoms with van der Waals surface area (Å²) in [5.74, 6) is -1.25. The van der Waals surface area contributed by atoms with E-state index < -0.39 is 38.2 Å². The van der Waals surface area contributed by atoms with Crippen LogP contribution in [0.5, 0.6) is 0 Å². The molecule has 0 saturated heterocycles. The Balaban J connectivity index is 1.90. The molecule has 2 aromatic carbocycles. The number of hydrogen-bond donors (Lipinski definition) is 0.